The number of methoxy groups -OCH3 is 1. The van der Waals surface area contributed by atoms with Crippen LogP contribution in [0.25, 0.3) is 17.1 Å². The lowest BCUT2D eigenvalue weighted by atomic mass is 10.1. The number of rotatable bonds is 6. The molecule has 0 saturated carbocycles. The maximum atomic E-state index is 13.3. The van der Waals surface area contributed by atoms with Gasteiger partial charge in [0.1, 0.15) is 11.4 Å². The molecule has 0 amide bonds. The Balaban J connectivity index is 1.61. The van der Waals surface area contributed by atoms with Crippen LogP contribution in [0.5, 0.6) is 5.75 Å². The fourth-order valence-electron chi connectivity index (χ4n) is 3.92. The molecule has 0 unspecified atom stereocenters. The molecule has 5 heteroatoms. The fraction of sp³-hybridized carbons (Fsp3) is 0.111. The van der Waals surface area contributed by atoms with Gasteiger partial charge in [-0.25, -0.2) is 4.98 Å². The van der Waals surface area contributed by atoms with E-state index in [2.05, 4.69) is 17.1 Å². The van der Waals surface area contributed by atoms with Crippen LogP contribution in [-0.2, 0) is 12.8 Å². The summed E-state index contributed by atoms with van der Waals surface area (Å²) in [6.07, 6.45) is 2.98. The lowest BCUT2D eigenvalue weighted by Gasteiger charge is -2.13. The first-order valence-electron chi connectivity index (χ1n) is 10.6. The third kappa shape index (κ3) is 3.93. The molecule has 0 fully saturated rings. The molecule has 158 valence electrons. The molecule has 3 aromatic carbocycles. The molecule has 0 saturated heterocycles. The van der Waals surface area contributed by atoms with Crippen molar-refractivity contribution in [1.82, 2.24) is 14.5 Å². The molecule has 0 aromatic heterocycles. The Morgan fingerprint density at radius 3 is 2.19 bits per heavy atom. The summed E-state index contributed by atoms with van der Waals surface area (Å²) in [5, 5.41) is 0. The minimum absolute atomic E-state index is 0.0867. The summed E-state index contributed by atoms with van der Waals surface area (Å²) in [4.78, 5) is 21.6. The van der Waals surface area contributed by atoms with Crippen molar-refractivity contribution in [3.63, 3.8) is 0 Å². The first kappa shape index (κ1) is 19.8. The summed E-state index contributed by atoms with van der Waals surface area (Å²) >= 11 is 0. The molecular formula is C27H23N3O2. The smallest absolute Gasteiger partial charge is 0.278 e. The molecular weight excluding hydrogens is 398 g/mol. The van der Waals surface area contributed by atoms with Gasteiger partial charge in [0.25, 0.3) is 5.56 Å². The quantitative estimate of drug-likeness (QED) is 0.426. The Bertz CT molecular complexity index is 1350. The molecule has 5 rings (SSSR count). The first-order chi connectivity index (χ1) is 15.7. The molecule has 0 radical (unpaired) electrons. The molecule has 2 aliphatic heterocycles. The van der Waals surface area contributed by atoms with Gasteiger partial charge in [-0.05, 0) is 28.8 Å². The van der Waals surface area contributed by atoms with Gasteiger partial charge in [-0.2, -0.15) is 0 Å². The summed E-state index contributed by atoms with van der Waals surface area (Å²) in [6, 6.07) is 28.0. The number of ether oxygens (including phenoxy) is 1. The number of benzene rings is 3. The number of hydrogen-bond acceptors (Lipinski definition) is 3. The highest BCUT2D eigenvalue weighted by Crippen LogP contribution is 2.24. The zero-order valence-corrected chi connectivity index (χ0v) is 17.8. The number of aromatic nitrogens is 3. The van der Waals surface area contributed by atoms with E-state index < -0.39 is 0 Å². The molecule has 0 bridgehead atoms. The van der Waals surface area contributed by atoms with E-state index in [1.165, 1.54) is 0 Å². The van der Waals surface area contributed by atoms with E-state index in [1.54, 1.807) is 11.7 Å². The number of hydrogen-bond donors (Lipinski definition) is 1. The second-order valence-electron chi connectivity index (χ2n) is 7.76. The standard InChI is InChI=1S/C27H23N3O2/c1-32-22-14-12-20(13-15-22)17-24-27(31)30-18-25(21-10-6-3-7-11-21)28-23(26(30)29-24)16-19-8-4-2-5-9-19/h2-15,18,28H,16-17H2,1H3. The van der Waals surface area contributed by atoms with Gasteiger partial charge in [0, 0.05) is 19.0 Å². The van der Waals surface area contributed by atoms with Crippen LogP contribution >= 0.6 is 0 Å². The highest BCUT2D eigenvalue weighted by atomic mass is 16.5. The van der Waals surface area contributed by atoms with Crippen LogP contribution in [0.2, 0.25) is 0 Å². The third-order valence-corrected chi connectivity index (χ3v) is 5.59. The van der Waals surface area contributed by atoms with Gasteiger partial charge in [-0.1, -0.05) is 72.8 Å². The van der Waals surface area contributed by atoms with Crippen LogP contribution in [0.4, 0.5) is 0 Å². The van der Waals surface area contributed by atoms with Crippen molar-refractivity contribution in [2.24, 2.45) is 0 Å². The van der Waals surface area contributed by atoms with Crippen molar-refractivity contribution in [2.45, 2.75) is 12.8 Å². The number of nitrogens with zero attached hydrogens (tertiary/aromatic N) is 2. The summed E-state index contributed by atoms with van der Waals surface area (Å²) in [5.41, 5.74) is 5.43. The van der Waals surface area contributed by atoms with E-state index in [0.717, 1.165) is 33.8 Å². The highest BCUT2D eigenvalue weighted by molar-refractivity contribution is 5.60. The molecule has 3 aromatic rings. The summed E-state index contributed by atoms with van der Waals surface area (Å²) in [5.74, 6) is 1.46. The van der Waals surface area contributed by atoms with Crippen molar-refractivity contribution >= 4 is 0 Å². The van der Waals surface area contributed by atoms with E-state index in [9.17, 15) is 4.79 Å². The minimum atomic E-state index is -0.0867. The Labute approximate surface area is 186 Å². The molecule has 0 aliphatic carbocycles. The molecule has 2 aliphatic rings. The summed E-state index contributed by atoms with van der Waals surface area (Å²) in [6.45, 7) is 0. The summed E-state index contributed by atoms with van der Waals surface area (Å²) in [7, 11) is 1.64. The monoisotopic (exact) mass is 421 g/mol. The lowest BCUT2D eigenvalue weighted by molar-refractivity contribution is 0.414. The van der Waals surface area contributed by atoms with Gasteiger partial charge in [0.15, 0.2) is 5.82 Å². The minimum Gasteiger partial charge on any atom is -0.497 e. The second kappa shape index (κ2) is 8.55. The third-order valence-electron chi connectivity index (χ3n) is 5.59. The van der Waals surface area contributed by atoms with E-state index in [1.807, 2.05) is 79.0 Å². The number of imidazole rings is 1. The van der Waals surface area contributed by atoms with Crippen molar-refractivity contribution in [3.8, 4) is 22.8 Å². The average Bonchev–Trinajstić information content (AvgIpc) is 3.16. The SMILES string of the molecule is COc1ccc(Cc2nc3c(Cc4ccccc4)[nH]c(-c4ccccc4)cn-3c2=O)cc1. The predicted octanol–water partition coefficient (Wildman–Crippen LogP) is 4.86. The highest BCUT2D eigenvalue weighted by Gasteiger charge is 2.20. The molecule has 32 heavy (non-hydrogen) atoms. The zero-order chi connectivity index (χ0) is 21.9. The largest absolute Gasteiger partial charge is 0.497 e. The normalized spacial score (nSPS) is 11.0. The van der Waals surface area contributed by atoms with Gasteiger partial charge in [-0.15, -0.1) is 0 Å². The van der Waals surface area contributed by atoms with Crippen molar-refractivity contribution in [1.29, 1.82) is 0 Å². The van der Waals surface area contributed by atoms with Crippen molar-refractivity contribution in [2.75, 3.05) is 7.11 Å². The molecule has 5 nitrogen and oxygen atoms in total. The summed E-state index contributed by atoms with van der Waals surface area (Å²) < 4.78 is 6.91. The van der Waals surface area contributed by atoms with Gasteiger partial charge < -0.3 is 9.72 Å². The van der Waals surface area contributed by atoms with Crippen LogP contribution in [0, 0.1) is 0 Å². The predicted molar refractivity (Wildman–Crippen MR) is 126 cm³/mol. The number of aromatic amines is 1. The molecule has 2 heterocycles. The maximum Gasteiger partial charge on any atom is 0.278 e. The van der Waals surface area contributed by atoms with Gasteiger partial charge in [-0.3, -0.25) is 9.36 Å². The number of nitrogens with one attached hydrogen (secondary N) is 1. The van der Waals surface area contributed by atoms with Crippen molar-refractivity contribution in [3.05, 3.63) is 124 Å². The first-order valence-corrected chi connectivity index (χ1v) is 10.6. The van der Waals surface area contributed by atoms with E-state index >= 15 is 0 Å². The lowest BCUT2D eigenvalue weighted by Crippen LogP contribution is -2.17. The van der Waals surface area contributed by atoms with Gasteiger partial charge in [0.05, 0.1) is 18.5 Å². The van der Waals surface area contributed by atoms with Crippen LogP contribution < -0.4 is 10.3 Å². The van der Waals surface area contributed by atoms with Crippen LogP contribution in [0.3, 0.4) is 0 Å². The Morgan fingerprint density at radius 2 is 1.50 bits per heavy atom. The van der Waals surface area contributed by atoms with E-state index in [4.69, 9.17) is 9.72 Å². The Morgan fingerprint density at radius 1 is 0.844 bits per heavy atom. The number of fused-ring (bicyclic) bond motifs is 1. The molecule has 0 atom stereocenters. The fourth-order valence-corrected chi connectivity index (χ4v) is 3.92. The Hall–Kier alpha value is -4.12. The Kier molecular flexibility index (Phi) is 5.30. The second-order valence-corrected chi connectivity index (χ2v) is 7.76. The maximum absolute atomic E-state index is 13.3. The molecule has 0 spiro atoms. The van der Waals surface area contributed by atoms with Crippen molar-refractivity contribution < 1.29 is 4.74 Å². The van der Waals surface area contributed by atoms with Crippen LogP contribution in [0.15, 0.2) is 95.9 Å². The van der Waals surface area contributed by atoms with E-state index in [-0.39, 0.29) is 5.56 Å². The molecule has 1 N–H and O–H groups in total. The van der Waals surface area contributed by atoms with Crippen LogP contribution in [0.1, 0.15) is 22.5 Å². The van der Waals surface area contributed by atoms with Gasteiger partial charge in [0.2, 0.25) is 0 Å². The number of H-pyrrole nitrogens is 1. The van der Waals surface area contributed by atoms with E-state index in [0.29, 0.717) is 24.4 Å². The topological polar surface area (TPSA) is 59.9 Å². The van der Waals surface area contributed by atoms with Gasteiger partial charge >= 0.3 is 0 Å². The van der Waals surface area contributed by atoms with Crippen LogP contribution in [-0.4, -0.2) is 21.6 Å². The average molecular weight is 422 g/mol. The zero-order valence-electron chi connectivity index (χ0n) is 17.8.